The minimum Gasteiger partial charge on any atom is -0.210 e. The maximum Gasteiger partial charge on any atom is 0.250 e. The van der Waals surface area contributed by atoms with Crippen LogP contribution < -0.4 is 4.72 Å². The summed E-state index contributed by atoms with van der Waals surface area (Å²) in [7, 11) is -3.27. The van der Waals surface area contributed by atoms with Gasteiger partial charge in [0.05, 0.1) is 0 Å². The zero-order valence-electron chi connectivity index (χ0n) is 7.79. The molecule has 0 unspecified atom stereocenters. The second-order valence-electron chi connectivity index (χ2n) is 2.66. The molecule has 0 aromatic carbocycles. The quantitative estimate of drug-likeness (QED) is 0.845. The fraction of sp³-hybridized carbons (Fsp3) is 0.500. The molecule has 0 bridgehead atoms. The Bertz CT molecular complexity index is 386. The highest BCUT2D eigenvalue weighted by atomic mass is 79.9. The van der Waals surface area contributed by atoms with E-state index in [1.54, 1.807) is 6.07 Å². The zero-order chi connectivity index (χ0) is 10.6. The van der Waals surface area contributed by atoms with E-state index in [2.05, 4.69) is 20.7 Å². The minimum atomic E-state index is -3.27. The number of thiophene rings is 1. The van der Waals surface area contributed by atoms with Crippen molar-refractivity contribution >= 4 is 37.3 Å². The summed E-state index contributed by atoms with van der Waals surface area (Å²) in [6, 6.07) is 3.51. The predicted molar refractivity (Wildman–Crippen MR) is 62.7 cm³/mol. The summed E-state index contributed by atoms with van der Waals surface area (Å²) in [5, 5.41) is 0.623. The number of aryl methyl sites for hydroxylation is 1. The van der Waals surface area contributed by atoms with Crippen molar-refractivity contribution in [3.63, 3.8) is 0 Å². The van der Waals surface area contributed by atoms with Crippen molar-refractivity contribution in [1.82, 2.24) is 4.72 Å². The average Bonchev–Trinajstić information content (AvgIpc) is 2.63. The molecule has 0 radical (unpaired) electrons. The van der Waals surface area contributed by atoms with Gasteiger partial charge in [-0.05, 0) is 18.6 Å². The summed E-state index contributed by atoms with van der Waals surface area (Å²) in [6.45, 7) is 2.43. The van der Waals surface area contributed by atoms with Crippen molar-refractivity contribution in [1.29, 1.82) is 0 Å². The molecule has 0 aliphatic carbocycles. The molecule has 1 heterocycles. The van der Waals surface area contributed by atoms with Gasteiger partial charge in [-0.25, -0.2) is 13.1 Å². The molecule has 1 aromatic heterocycles. The van der Waals surface area contributed by atoms with Crippen LogP contribution in [0.1, 0.15) is 11.8 Å². The molecule has 0 amide bonds. The van der Waals surface area contributed by atoms with E-state index in [4.69, 9.17) is 0 Å². The van der Waals surface area contributed by atoms with Crippen LogP contribution in [0.3, 0.4) is 0 Å². The maximum atomic E-state index is 11.6. The Balaban J connectivity index is 2.81. The van der Waals surface area contributed by atoms with Gasteiger partial charge in [-0.1, -0.05) is 22.9 Å². The molecule has 0 spiro atoms. The van der Waals surface area contributed by atoms with Gasteiger partial charge in [-0.3, -0.25) is 0 Å². The molecular formula is C8H12BrNO2S2. The Hall–Kier alpha value is 0.0900. The normalized spacial score (nSPS) is 11.9. The highest BCUT2D eigenvalue weighted by molar-refractivity contribution is 9.09. The van der Waals surface area contributed by atoms with Crippen molar-refractivity contribution in [3.05, 3.63) is 17.0 Å². The lowest BCUT2D eigenvalue weighted by Gasteiger charge is -2.01. The molecule has 1 aromatic rings. The third-order valence-electron chi connectivity index (χ3n) is 1.64. The molecule has 0 atom stereocenters. The number of nitrogens with one attached hydrogen (secondary N) is 1. The van der Waals surface area contributed by atoms with Crippen LogP contribution in [0.15, 0.2) is 16.3 Å². The maximum absolute atomic E-state index is 11.6. The van der Waals surface area contributed by atoms with E-state index < -0.39 is 10.0 Å². The van der Waals surface area contributed by atoms with E-state index in [1.165, 1.54) is 11.3 Å². The third-order valence-corrected chi connectivity index (χ3v) is 5.22. The molecule has 1 N–H and O–H groups in total. The average molecular weight is 298 g/mol. The Morgan fingerprint density at radius 2 is 2.21 bits per heavy atom. The molecule has 0 aliphatic rings. The lowest BCUT2D eigenvalue weighted by Crippen LogP contribution is -2.24. The Morgan fingerprint density at radius 3 is 2.71 bits per heavy atom. The molecule has 0 fully saturated rings. The summed E-state index contributed by atoms with van der Waals surface area (Å²) in [5.74, 6) is 0. The van der Waals surface area contributed by atoms with E-state index in [9.17, 15) is 8.42 Å². The smallest absolute Gasteiger partial charge is 0.210 e. The molecule has 0 saturated heterocycles. The monoisotopic (exact) mass is 297 g/mol. The fourth-order valence-corrected chi connectivity index (χ4v) is 3.77. The van der Waals surface area contributed by atoms with Crippen LogP contribution in [0, 0.1) is 0 Å². The standard InChI is InChI=1S/C8H12BrNO2S2/c1-2-7-3-4-8(13-7)14(11,12)10-6-5-9/h3-4,10H,2,5-6H2,1H3. The van der Waals surface area contributed by atoms with Crippen LogP contribution >= 0.6 is 27.3 Å². The van der Waals surface area contributed by atoms with Crippen LogP contribution in [0.4, 0.5) is 0 Å². The van der Waals surface area contributed by atoms with Gasteiger partial charge in [0.2, 0.25) is 10.0 Å². The molecular weight excluding hydrogens is 286 g/mol. The number of alkyl halides is 1. The van der Waals surface area contributed by atoms with E-state index in [1.807, 2.05) is 13.0 Å². The molecule has 1 rings (SSSR count). The minimum absolute atomic E-state index is 0.398. The van der Waals surface area contributed by atoms with Crippen LogP contribution in [-0.4, -0.2) is 20.3 Å². The third kappa shape index (κ3) is 3.05. The van der Waals surface area contributed by atoms with Gasteiger partial charge < -0.3 is 0 Å². The summed E-state index contributed by atoms with van der Waals surface area (Å²) in [5.41, 5.74) is 0. The first kappa shape index (κ1) is 12.2. The number of halogens is 1. The fourth-order valence-electron chi connectivity index (χ4n) is 0.937. The number of rotatable bonds is 5. The second-order valence-corrected chi connectivity index (χ2v) is 6.62. The number of hydrogen-bond donors (Lipinski definition) is 1. The topological polar surface area (TPSA) is 46.2 Å². The Morgan fingerprint density at radius 1 is 1.50 bits per heavy atom. The summed E-state index contributed by atoms with van der Waals surface area (Å²) < 4.78 is 26.1. The van der Waals surface area contributed by atoms with Gasteiger partial charge in [0.15, 0.2) is 0 Å². The first-order valence-corrected chi connectivity index (χ1v) is 7.66. The SMILES string of the molecule is CCc1ccc(S(=O)(=O)NCCBr)s1. The van der Waals surface area contributed by atoms with E-state index in [0.717, 1.165) is 11.3 Å². The molecule has 6 heteroatoms. The van der Waals surface area contributed by atoms with Gasteiger partial charge in [0, 0.05) is 16.8 Å². The number of sulfonamides is 1. The Kier molecular flexibility index (Phi) is 4.56. The van der Waals surface area contributed by atoms with Crippen LogP contribution in [-0.2, 0) is 16.4 Å². The number of hydrogen-bond acceptors (Lipinski definition) is 3. The highest BCUT2D eigenvalue weighted by Crippen LogP contribution is 2.21. The van der Waals surface area contributed by atoms with Crippen LogP contribution in [0.5, 0.6) is 0 Å². The Labute approximate surface area is 96.7 Å². The van der Waals surface area contributed by atoms with Crippen LogP contribution in [0.2, 0.25) is 0 Å². The first-order valence-electron chi connectivity index (χ1n) is 4.24. The lowest BCUT2D eigenvalue weighted by molar-refractivity contribution is 0.586. The summed E-state index contributed by atoms with van der Waals surface area (Å²) >= 11 is 4.49. The lowest BCUT2D eigenvalue weighted by atomic mass is 10.4. The van der Waals surface area contributed by atoms with Crippen LogP contribution in [0.25, 0.3) is 0 Å². The largest absolute Gasteiger partial charge is 0.250 e. The van der Waals surface area contributed by atoms with Gasteiger partial charge in [0.1, 0.15) is 4.21 Å². The van der Waals surface area contributed by atoms with Crippen molar-refractivity contribution in [2.45, 2.75) is 17.6 Å². The molecule has 0 saturated carbocycles. The molecule has 3 nitrogen and oxygen atoms in total. The zero-order valence-corrected chi connectivity index (χ0v) is 11.0. The van der Waals surface area contributed by atoms with Crippen molar-refractivity contribution < 1.29 is 8.42 Å². The molecule has 80 valence electrons. The van der Waals surface area contributed by atoms with Crippen molar-refractivity contribution in [2.24, 2.45) is 0 Å². The first-order chi connectivity index (χ1) is 6.60. The van der Waals surface area contributed by atoms with Crippen molar-refractivity contribution in [2.75, 3.05) is 11.9 Å². The second kappa shape index (κ2) is 5.25. The highest BCUT2D eigenvalue weighted by Gasteiger charge is 2.15. The summed E-state index contributed by atoms with van der Waals surface area (Å²) in [6.07, 6.45) is 0.874. The van der Waals surface area contributed by atoms with Gasteiger partial charge in [-0.15, -0.1) is 11.3 Å². The van der Waals surface area contributed by atoms with E-state index >= 15 is 0 Å². The van der Waals surface area contributed by atoms with Gasteiger partial charge in [-0.2, -0.15) is 0 Å². The van der Waals surface area contributed by atoms with E-state index in [0.29, 0.717) is 16.1 Å². The predicted octanol–water partition coefficient (Wildman–Crippen LogP) is 1.98. The van der Waals surface area contributed by atoms with Gasteiger partial charge in [0.25, 0.3) is 0 Å². The molecule has 14 heavy (non-hydrogen) atoms. The van der Waals surface area contributed by atoms with Crippen molar-refractivity contribution in [3.8, 4) is 0 Å². The summed E-state index contributed by atoms with van der Waals surface area (Å²) in [4.78, 5) is 1.09. The molecule has 0 aliphatic heterocycles. The van der Waals surface area contributed by atoms with E-state index in [-0.39, 0.29) is 0 Å². The van der Waals surface area contributed by atoms with Gasteiger partial charge >= 0.3 is 0 Å².